The van der Waals surface area contributed by atoms with Crippen molar-refractivity contribution < 1.29 is 28.4 Å². The van der Waals surface area contributed by atoms with Crippen molar-refractivity contribution in [3.05, 3.63) is 90.0 Å². The predicted octanol–water partition coefficient (Wildman–Crippen LogP) is 7.24. The minimum atomic E-state index is 0.567. The van der Waals surface area contributed by atoms with Crippen LogP contribution in [0, 0.1) is 0 Å². The smallest absolute Gasteiger partial charge is 0.203 e. The Morgan fingerprint density at radius 1 is 0.633 bits per heavy atom. The van der Waals surface area contributed by atoms with E-state index in [0.29, 0.717) is 36.2 Å². The first-order chi connectivity index (χ1) is 24.1. The third kappa shape index (κ3) is 8.64. The van der Waals surface area contributed by atoms with Crippen molar-refractivity contribution in [3.8, 4) is 45.1 Å². The zero-order valence-electron chi connectivity index (χ0n) is 28.5. The molecule has 1 aliphatic heterocycles. The second kappa shape index (κ2) is 16.6. The number of rotatable bonds is 15. The summed E-state index contributed by atoms with van der Waals surface area (Å²) in [5.41, 5.74) is 4.07. The van der Waals surface area contributed by atoms with E-state index in [2.05, 4.69) is 40.1 Å². The summed E-state index contributed by atoms with van der Waals surface area (Å²) < 4.78 is 35.5. The van der Waals surface area contributed by atoms with Crippen LogP contribution in [-0.2, 0) is 0 Å². The molecule has 6 rings (SSSR count). The average molecular weight is 682 g/mol. The molecule has 0 unspecified atom stereocenters. The van der Waals surface area contributed by atoms with Crippen molar-refractivity contribution in [2.75, 3.05) is 80.9 Å². The van der Waals surface area contributed by atoms with Gasteiger partial charge in [-0.15, -0.1) is 11.3 Å². The molecule has 0 aliphatic carbocycles. The number of thiazole rings is 1. The van der Waals surface area contributed by atoms with Crippen LogP contribution in [0.2, 0.25) is 0 Å². The molecule has 0 amide bonds. The van der Waals surface area contributed by atoms with Crippen LogP contribution in [-0.4, -0.2) is 95.7 Å². The predicted molar refractivity (Wildman–Crippen MR) is 197 cm³/mol. The minimum Gasteiger partial charge on any atom is -0.493 e. The van der Waals surface area contributed by atoms with Crippen molar-refractivity contribution in [3.63, 3.8) is 0 Å². The standard InChI is InChI=1S/C39H43N3O6S/c1-43-33-16-11-28(9-10-29-26-35(44-2)38(46-4)36(27-29)45-3)25-34(33)48-24-22-42-19-17-41(18-20-42)21-23-47-31-14-12-30(13-15-31)39-40-32-7-5-6-8-37(32)49-39/h5-16,25-27H,17-24H2,1-4H3/b10-9-. The maximum absolute atomic E-state index is 6.23. The van der Waals surface area contributed by atoms with Gasteiger partial charge in [0.15, 0.2) is 23.0 Å². The second-order valence-electron chi connectivity index (χ2n) is 11.6. The molecule has 1 aliphatic rings. The van der Waals surface area contributed by atoms with Gasteiger partial charge in [0, 0.05) is 44.8 Å². The number of para-hydroxylation sites is 1. The number of piperazine rings is 1. The average Bonchev–Trinajstić information content (AvgIpc) is 3.59. The first-order valence-electron chi connectivity index (χ1n) is 16.4. The summed E-state index contributed by atoms with van der Waals surface area (Å²) >= 11 is 1.71. The molecule has 1 aromatic heterocycles. The highest BCUT2D eigenvalue weighted by atomic mass is 32.1. The van der Waals surface area contributed by atoms with E-state index in [-0.39, 0.29) is 0 Å². The third-order valence-electron chi connectivity index (χ3n) is 8.54. The van der Waals surface area contributed by atoms with E-state index in [1.807, 2.05) is 60.7 Å². The Morgan fingerprint density at radius 2 is 1.24 bits per heavy atom. The van der Waals surface area contributed by atoms with Crippen LogP contribution in [0.25, 0.3) is 32.9 Å². The van der Waals surface area contributed by atoms with Crippen LogP contribution in [0.4, 0.5) is 0 Å². The summed E-state index contributed by atoms with van der Waals surface area (Å²) in [5.74, 6) is 4.10. The van der Waals surface area contributed by atoms with Gasteiger partial charge < -0.3 is 28.4 Å². The highest BCUT2D eigenvalue weighted by Crippen LogP contribution is 2.39. The maximum Gasteiger partial charge on any atom is 0.203 e. The highest BCUT2D eigenvalue weighted by Gasteiger charge is 2.17. The SMILES string of the molecule is COc1ccc(/C=C\c2cc(OC)c(OC)c(OC)c2)cc1OCCN1CCN(CCOc2ccc(-c3nc4ccccc4s3)cc2)CC1. The van der Waals surface area contributed by atoms with Gasteiger partial charge >= 0.3 is 0 Å². The molecule has 4 aromatic carbocycles. The molecule has 1 saturated heterocycles. The quantitative estimate of drug-likeness (QED) is 0.106. The van der Waals surface area contributed by atoms with Crippen molar-refractivity contribution in [1.29, 1.82) is 0 Å². The summed E-state index contributed by atoms with van der Waals surface area (Å²) in [5, 5.41) is 1.03. The summed E-state index contributed by atoms with van der Waals surface area (Å²) in [6, 6.07) is 26.3. The van der Waals surface area contributed by atoms with Crippen molar-refractivity contribution in [1.82, 2.24) is 14.8 Å². The molecule has 5 aromatic rings. The normalized spacial score (nSPS) is 13.9. The Kier molecular flexibility index (Phi) is 11.5. The van der Waals surface area contributed by atoms with Gasteiger partial charge in [-0.25, -0.2) is 4.98 Å². The first-order valence-corrected chi connectivity index (χ1v) is 17.2. The largest absolute Gasteiger partial charge is 0.493 e. The molecule has 9 nitrogen and oxygen atoms in total. The van der Waals surface area contributed by atoms with Crippen LogP contribution in [0.1, 0.15) is 11.1 Å². The fraction of sp³-hybridized carbons (Fsp3) is 0.308. The minimum absolute atomic E-state index is 0.567. The van der Waals surface area contributed by atoms with Crippen LogP contribution in [0.3, 0.4) is 0 Å². The fourth-order valence-electron chi connectivity index (χ4n) is 5.80. The molecule has 0 atom stereocenters. The van der Waals surface area contributed by atoms with Crippen LogP contribution in [0.15, 0.2) is 78.9 Å². The number of hydrogen-bond acceptors (Lipinski definition) is 10. The summed E-state index contributed by atoms with van der Waals surface area (Å²) in [6.07, 6.45) is 4.02. The van der Waals surface area contributed by atoms with E-state index < -0.39 is 0 Å². The van der Waals surface area contributed by atoms with Crippen molar-refractivity contribution in [2.45, 2.75) is 0 Å². The zero-order valence-corrected chi connectivity index (χ0v) is 29.3. The van der Waals surface area contributed by atoms with Gasteiger partial charge in [-0.2, -0.15) is 0 Å². The lowest BCUT2D eigenvalue weighted by molar-refractivity contribution is 0.104. The molecule has 49 heavy (non-hydrogen) atoms. The van der Waals surface area contributed by atoms with Gasteiger partial charge in [0.1, 0.15) is 24.0 Å². The number of methoxy groups -OCH3 is 4. The molecule has 0 saturated carbocycles. The Balaban J connectivity index is 0.934. The molecule has 256 valence electrons. The van der Waals surface area contributed by atoms with E-state index in [0.717, 1.165) is 78.0 Å². The van der Waals surface area contributed by atoms with Crippen molar-refractivity contribution in [2.24, 2.45) is 0 Å². The Hall–Kier alpha value is -4.77. The summed E-state index contributed by atoms with van der Waals surface area (Å²) in [7, 11) is 6.48. The number of ether oxygens (including phenoxy) is 6. The number of nitrogens with zero attached hydrogens (tertiary/aromatic N) is 3. The molecule has 10 heteroatoms. The van der Waals surface area contributed by atoms with E-state index in [4.69, 9.17) is 33.4 Å². The monoisotopic (exact) mass is 681 g/mol. The molecule has 0 bridgehead atoms. The summed E-state index contributed by atoms with van der Waals surface area (Å²) in [4.78, 5) is 9.66. The molecule has 1 fully saturated rings. The van der Waals surface area contributed by atoms with Gasteiger partial charge in [0.2, 0.25) is 5.75 Å². The highest BCUT2D eigenvalue weighted by molar-refractivity contribution is 7.21. The molecular formula is C39H43N3O6S. The molecule has 0 spiro atoms. The van der Waals surface area contributed by atoms with Gasteiger partial charge in [0.05, 0.1) is 38.7 Å². The number of fused-ring (bicyclic) bond motifs is 1. The molecule has 0 N–H and O–H groups in total. The van der Waals surface area contributed by atoms with Crippen LogP contribution >= 0.6 is 11.3 Å². The van der Waals surface area contributed by atoms with Crippen LogP contribution in [0.5, 0.6) is 34.5 Å². The molecule has 0 radical (unpaired) electrons. The zero-order chi connectivity index (χ0) is 34.0. The van der Waals surface area contributed by atoms with E-state index >= 15 is 0 Å². The van der Waals surface area contributed by atoms with Crippen LogP contribution < -0.4 is 28.4 Å². The van der Waals surface area contributed by atoms with Gasteiger partial charge in [-0.3, -0.25) is 9.80 Å². The van der Waals surface area contributed by atoms with Gasteiger partial charge in [0.25, 0.3) is 0 Å². The lowest BCUT2D eigenvalue weighted by atomic mass is 10.1. The maximum atomic E-state index is 6.23. The number of hydrogen-bond donors (Lipinski definition) is 0. The van der Waals surface area contributed by atoms with E-state index in [9.17, 15) is 0 Å². The van der Waals surface area contributed by atoms with Gasteiger partial charge in [-0.05, 0) is 71.8 Å². The Bertz CT molecular complexity index is 1790. The third-order valence-corrected chi connectivity index (χ3v) is 9.63. The lowest BCUT2D eigenvalue weighted by Crippen LogP contribution is -2.48. The molecular weight excluding hydrogens is 639 g/mol. The molecule has 2 heterocycles. The fourth-order valence-corrected chi connectivity index (χ4v) is 6.77. The number of benzene rings is 4. The van der Waals surface area contributed by atoms with Crippen molar-refractivity contribution >= 4 is 33.7 Å². The topological polar surface area (TPSA) is 74.8 Å². The van der Waals surface area contributed by atoms with Gasteiger partial charge in [-0.1, -0.05) is 30.4 Å². The van der Waals surface area contributed by atoms with E-state index in [1.165, 1.54) is 4.70 Å². The van der Waals surface area contributed by atoms with E-state index in [1.54, 1.807) is 39.8 Å². The Labute approximate surface area is 292 Å². The first kappa shape index (κ1) is 34.1. The lowest BCUT2D eigenvalue weighted by Gasteiger charge is -2.34. The number of aromatic nitrogens is 1. The Morgan fingerprint density at radius 3 is 1.88 bits per heavy atom. The second-order valence-corrected chi connectivity index (χ2v) is 12.6. The summed E-state index contributed by atoms with van der Waals surface area (Å²) in [6.45, 7) is 6.98.